The van der Waals surface area contributed by atoms with Gasteiger partial charge in [0.1, 0.15) is 0 Å². The fraction of sp³-hybridized carbons (Fsp3) is 0.800. The van der Waals surface area contributed by atoms with Crippen molar-refractivity contribution >= 4 is 5.97 Å². The van der Waals surface area contributed by atoms with Crippen LogP contribution in [0.15, 0.2) is 11.6 Å². The summed E-state index contributed by atoms with van der Waals surface area (Å²) in [5.41, 5.74) is 1.17. The van der Waals surface area contributed by atoms with Crippen LogP contribution in [-0.2, 0) is 9.53 Å². The van der Waals surface area contributed by atoms with Crippen molar-refractivity contribution in [3.8, 4) is 0 Å². The van der Waals surface area contributed by atoms with Crippen molar-refractivity contribution in [2.75, 3.05) is 7.11 Å². The van der Waals surface area contributed by atoms with Crippen molar-refractivity contribution in [1.82, 2.24) is 0 Å². The first-order chi connectivity index (χ1) is 7.98. The van der Waals surface area contributed by atoms with Crippen molar-refractivity contribution in [1.29, 1.82) is 0 Å². The summed E-state index contributed by atoms with van der Waals surface area (Å²) in [6.07, 6.45) is 8.80. The van der Waals surface area contributed by atoms with E-state index < -0.39 is 0 Å². The molecule has 0 aromatic carbocycles. The molecule has 1 aliphatic carbocycles. The Morgan fingerprint density at radius 1 is 1.53 bits per heavy atom. The highest BCUT2D eigenvalue weighted by Crippen LogP contribution is 2.38. The Labute approximate surface area is 105 Å². The van der Waals surface area contributed by atoms with Gasteiger partial charge in [-0.2, -0.15) is 0 Å². The molecule has 0 heterocycles. The highest BCUT2D eigenvalue weighted by atomic mass is 16.5. The SMILES string of the molecule is COC(=O)C1(C)CCC=C(CCCC(C)C)C1. The topological polar surface area (TPSA) is 26.3 Å². The maximum atomic E-state index is 11.8. The number of carbonyl (C=O) groups excluding carboxylic acids is 1. The summed E-state index contributed by atoms with van der Waals surface area (Å²) in [5.74, 6) is 0.721. The number of allylic oxidation sites excluding steroid dienone is 2. The van der Waals surface area contributed by atoms with Crippen LogP contribution in [0.5, 0.6) is 0 Å². The summed E-state index contributed by atoms with van der Waals surface area (Å²) >= 11 is 0. The Morgan fingerprint density at radius 3 is 2.82 bits per heavy atom. The van der Waals surface area contributed by atoms with Gasteiger partial charge in [-0.25, -0.2) is 0 Å². The molecule has 0 bridgehead atoms. The minimum atomic E-state index is -0.281. The van der Waals surface area contributed by atoms with Crippen molar-refractivity contribution in [2.24, 2.45) is 11.3 Å². The summed E-state index contributed by atoms with van der Waals surface area (Å²) in [6, 6.07) is 0. The molecule has 0 saturated carbocycles. The second-order valence-electron chi connectivity index (χ2n) is 5.92. The Hall–Kier alpha value is -0.790. The van der Waals surface area contributed by atoms with Gasteiger partial charge in [0.15, 0.2) is 0 Å². The number of carbonyl (C=O) groups is 1. The molecule has 0 saturated heterocycles. The Kier molecular flexibility index (Phi) is 5.23. The fourth-order valence-electron chi connectivity index (χ4n) is 2.61. The van der Waals surface area contributed by atoms with E-state index in [1.165, 1.54) is 25.5 Å². The first-order valence-electron chi connectivity index (χ1n) is 6.74. The minimum Gasteiger partial charge on any atom is -0.469 e. The number of hydrogen-bond donors (Lipinski definition) is 0. The third kappa shape index (κ3) is 4.18. The van der Waals surface area contributed by atoms with Crippen molar-refractivity contribution < 1.29 is 9.53 Å². The molecule has 0 radical (unpaired) electrons. The third-order valence-electron chi connectivity index (χ3n) is 3.70. The molecule has 1 aliphatic rings. The molecule has 0 aromatic rings. The molecule has 1 rings (SSSR count). The smallest absolute Gasteiger partial charge is 0.311 e. The summed E-state index contributed by atoms with van der Waals surface area (Å²) < 4.78 is 4.92. The van der Waals surface area contributed by atoms with E-state index in [0.29, 0.717) is 0 Å². The zero-order chi connectivity index (χ0) is 12.9. The highest BCUT2D eigenvalue weighted by Gasteiger charge is 2.36. The maximum absolute atomic E-state index is 11.8. The average Bonchev–Trinajstić information content (AvgIpc) is 2.27. The van der Waals surface area contributed by atoms with Crippen molar-refractivity contribution in [3.63, 3.8) is 0 Å². The predicted octanol–water partition coefficient (Wildman–Crippen LogP) is 4.10. The van der Waals surface area contributed by atoms with E-state index in [4.69, 9.17) is 4.74 Å². The number of methoxy groups -OCH3 is 1. The Morgan fingerprint density at radius 2 is 2.24 bits per heavy atom. The molecular formula is C15H26O2. The second-order valence-corrected chi connectivity index (χ2v) is 5.92. The van der Waals surface area contributed by atoms with Crippen LogP contribution in [0.1, 0.15) is 59.3 Å². The van der Waals surface area contributed by atoms with Gasteiger partial charge in [-0.3, -0.25) is 4.79 Å². The van der Waals surface area contributed by atoms with Crippen LogP contribution in [0.3, 0.4) is 0 Å². The third-order valence-corrected chi connectivity index (χ3v) is 3.70. The Balaban J connectivity index is 2.48. The molecule has 0 N–H and O–H groups in total. The van der Waals surface area contributed by atoms with E-state index in [-0.39, 0.29) is 11.4 Å². The van der Waals surface area contributed by atoms with Crippen molar-refractivity contribution in [2.45, 2.75) is 59.3 Å². The van der Waals surface area contributed by atoms with Gasteiger partial charge in [0.25, 0.3) is 0 Å². The summed E-state index contributed by atoms with van der Waals surface area (Å²) in [5, 5.41) is 0. The van der Waals surface area contributed by atoms with E-state index in [1.807, 2.05) is 6.92 Å². The van der Waals surface area contributed by atoms with Gasteiger partial charge >= 0.3 is 5.97 Å². The van der Waals surface area contributed by atoms with Crippen LogP contribution in [0, 0.1) is 11.3 Å². The van der Waals surface area contributed by atoms with Crippen LogP contribution in [0.2, 0.25) is 0 Å². The summed E-state index contributed by atoms with van der Waals surface area (Å²) in [4.78, 5) is 11.8. The van der Waals surface area contributed by atoms with Crippen LogP contribution in [0.4, 0.5) is 0 Å². The lowest BCUT2D eigenvalue weighted by atomic mass is 9.74. The molecule has 2 nitrogen and oxygen atoms in total. The second kappa shape index (κ2) is 6.23. The van der Waals surface area contributed by atoms with E-state index in [9.17, 15) is 4.79 Å². The van der Waals surface area contributed by atoms with Gasteiger partial charge < -0.3 is 4.74 Å². The van der Waals surface area contributed by atoms with Gasteiger partial charge in [-0.15, -0.1) is 0 Å². The zero-order valence-corrected chi connectivity index (χ0v) is 11.7. The molecule has 0 aliphatic heterocycles. The van der Waals surface area contributed by atoms with Gasteiger partial charge in [-0.1, -0.05) is 31.9 Å². The molecule has 0 aromatic heterocycles. The minimum absolute atomic E-state index is 0.0491. The van der Waals surface area contributed by atoms with E-state index in [0.717, 1.165) is 31.6 Å². The summed E-state index contributed by atoms with van der Waals surface area (Å²) in [6.45, 7) is 6.55. The fourth-order valence-corrected chi connectivity index (χ4v) is 2.61. The first kappa shape index (κ1) is 14.3. The monoisotopic (exact) mass is 238 g/mol. The molecule has 98 valence electrons. The molecule has 1 atom stereocenters. The van der Waals surface area contributed by atoms with Gasteiger partial charge in [0.2, 0.25) is 0 Å². The van der Waals surface area contributed by atoms with E-state index in [1.54, 1.807) is 0 Å². The van der Waals surface area contributed by atoms with Crippen LogP contribution >= 0.6 is 0 Å². The quantitative estimate of drug-likeness (QED) is 0.532. The van der Waals surface area contributed by atoms with E-state index >= 15 is 0 Å². The lowest BCUT2D eigenvalue weighted by Gasteiger charge is -2.31. The van der Waals surface area contributed by atoms with Crippen LogP contribution in [-0.4, -0.2) is 13.1 Å². The summed E-state index contributed by atoms with van der Waals surface area (Å²) in [7, 11) is 1.49. The maximum Gasteiger partial charge on any atom is 0.311 e. The molecule has 0 fully saturated rings. The number of rotatable bonds is 5. The molecule has 0 spiro atoms. The number of ether oxygens (including phenoxy) is 1. The first-order valence-corrected chi connectivity index (χ1v) is 6.74. The predicted molar refractivity (Wildman–Crippen MR) is 70.7 cm³/mol. The molecule has 1 unspecified atom stereocenters. The standard InChI is InChI=1S/C15H26O2/c1-12(2)7-5-8-13-9-6-10-15(3,11-13)14(16)17-4/h9,12H,5-8,10-11H2,1-4H3. The normalized spacial score (nSPS) is 24.6. The van der Waals surface area contributed by atoms with Gasteiger partial charge in [0, 0.05) is 0 Å². The number of hydrogen-bond acceptors (Lipinski definition) is 2. The largest absolute Gasteiger partial charge is 0.469 e. The Bertz CT molecular complexity index is 291. The molecular weight excluding hydrogens is 212 g/mol. The highest BCUT2D eigenvalue weighted by molar-refractivity contribution is 5.76. The molecule has 17 heavy (non-hydrogen) atoms. The average molecular weight is 238 g/mol. The zero-order valence-electron chi connectivity index (χ0n) is 11.7. The van der Waals surface area contributed by atoms with Gasteiger partial charge in [0.05, 0.1) is 12.5 Å². The lowest BCUT2D eigenvalue weighted by molar-refractivity contribution is -0.152. The number of esters is 1. The lowest BCUT2D eigenvalue weighted by Crippen LogP contribution is -2.31. The molecule has 2 heteroatoms. The van der Waals surface area contributed by atoms with Crippen LogP contribution in [0.25, 0.3) is 0 Å². The van der Waals surface area contributed by atoms with E-state index in [2.05, 4.69) is 19.9 Å². The van der Waals surface area contributed by atoms with Gasteiger partial charge in [-0.05, 0) is 44.9 Å². The van der Waals surface area contributed by atoms with Crippen molar-refractivity contribution in [3.05, 3.63) is 11.6 Å². The molecule has 0 amide bonds. The van der Waals surface area contributed by atoms with Crippen LogP contribution < -0.4 is 0 Å².